The zero-order valence-corrected chi connectivity index (χ0v) is 13.7. The van der Waals surface area contributed by atoms with Crippen molar-refractivity contribution in [2.24, 2.45) is 5.73 Å². The number of ether oxygens (including phenoxy) is 1. The predicted molar refractivity (Wildman–Crippen MR) is 84.7 cm³/mol. The number of carbonyl (C=O) groups is 2. The molecule has 0 spiro atoms. The summed E-state index contributed by atoms with van der Waals surface area (Å²) in [7, 11) is 0. The van der Waals surface area contributed by atoms with Crippen molar-refractivity contribution in [3.63, 3.8) is 0 Å². The first-order valence-electron chi connectivity index (χ1n) is 6.88. The second-order valence-electron chi connectivity index (χ2n) is 4.80. The Morgan fingerprint density at radius 1 is 1.21 bits per heavy atom. The lowest BCUT2D eigenvalue weighted by atomic mass is 10.2. The second-order valence-corrected chi connectivity index (χ2v) is 4.80. The predicted octanol–water partition coefficient (Wildman–Crippen LogP) is 1.53. The Bertz CT molecular complexity index is 772. The van der Waals surface area contributed by atoms with Crippen LogP contribution < -0.4 is 5.73 Å². The fourth-order valence-corrected chi connectivity index (χ4v) is 1.42. The smallest absolute Gasteiger partial charge is 0.475 e. The molecule has 0 aliphatic heterocycles. The molecule has 1 rings (SSSR count). The Hall–Kier alpha value is -3.73. The van der Waals surface area contributed by atoms with Crippen molar-refractivity contribution >= 4 is 23.3 Å². The maximum Gasteiger partial charge on any atom is 0.490 e. The van der Waals surface area contributed by atoms with Gasteiger partial charge in [0, 0.05) is 24.1 Å². The lowest BCUT2D eigenvalue weighted by Crippen LogP contribution is -2.31. The third-order valence-corrected chi connectivity index (χ3v) is 2.65. The molecule has 0 fully saturated rings. The molecule has 1 aromatic rings. The first-order chi connectivity index (χ1) is 12.8. The number of aliphatic carboxylic acids is 1. The topological polar surface area (TPSA) is 176 Å². The molecule has 0 saturated heterocycles. The van der Waals surface area contributed by atoms with Gasteiger partial charge >= 0.3 is 18.1 Å². The number of carboxylic acid groups (broad SMARTS) is 1. The van der Waals surface area contributed by atoms with Crippen molar-refractivity contribution in [3.05, 3.63) is 44.0 Å². The van der Waals surface area contributed by atoms with Crippen molar-refractivity contribution in [2.75, 3.05) is 0 Å². The number of terminal acetylenes is 1. The molecule has 0 bridgehead atoms. The number of carbonyl (C=O) groups excluding carboxylic acids is 1. The summed E-state index contributed by atoms with van der Waals surface area (Å²) in [6.07, 6.45) is -0.110. The molecule has 0 unspecified atom stereocenters. The van der Waals surface area contributed by atoms with Crippen LogP contribution in [0.2, 0.25) is 0 Å². The van der Waals surface area contributed by atoms with Crippen LogP contribution in [0.3, 0.4) is 0 Å². The van der Waals surface area contributed by atoms with Crippen molar-refractivity contribution < 1.29 is 42.5 Å². The summed E-state index contributed by atoms with van der Waals surface area (Å²) >= 11 is 0. The minimum absolute atomic E-state index is 0.0199. The molecular formula is C14H12F3N3O8. The van der Waals surface area contributed by atoms with Crippen LogP contribution in [0.25, 0.3) is 0 Å². The van der Waals surface area contributed by atoms with Crippen LogP contribution in [0.1, 0.15) is 12.0 Å². The standard InChI is InChI=1S/C12H11N3O6.C2HF3O2/c1-2-3-11(13)12(16)21-7-8-4-9(14(17)18)6-10(5-8)15(19)20;3-2(4,5)1(6)7/h1,4-6,11H,3,7,13H2;(H,6,7)/t11-;/m0./s1. The number of esters is 1. The highest BCUT2D eigenvalue weighted by Gasteiger charge is 2.38. The number of hydrogen-bond acceptors (Lipinski definition) is 8. The molecule has 0 amide bonds. The van der Waals surface area contributed by atoms with E-state index < -0.39 is 45.4 Å². The Morgan fingerprint density at radius 3 is 1.96 bits per heavy atom. The van der Waals surface area contributed by atoms with Gasteiger partial charge in [-0.25, -0.2) is 4.79 Å². The highest BCUT2D eigenvalue weighted by atomic mass is 19.4. The molecule has 11 nitrogen and oxygen atoms in total. The third kappa shape index (κ3) is 8.58. The number of nitro benzene ring substituents is 2. The zero-order chi connectivity index (χ0) is 22.1. The SMILES string of the molecule is C#CC[C@H](N)C(=O)OCc1cc([N+](=O)[O-])cc([N+](=O)[O-])c1.O=C(O)C(F)(F)F. The van der Waals surface area contributed by atoms with E-state index in [2.05, 4.69) is 5.92 Å². The normalized spacial score (nSPS) is 11.2. The number of halogens is 3. The maximum absolute atomic E-state index is 11.4. The maximum atomic E-state index is 11.4. The average Bonchev–Trinajstić information content (AvgIpc) is 2.59. The largest absolute Gasteiger partial charge is 0.490 e. The number of alkyl halides is 3. The molecule has 0 aliphatic carbocycles. The number of nitrogens with two attached hydrogens (primary N) is 1. The first-order valence-corrected chi connectivity index (χ1v) is 6.88. The van der Waals surface area contributed by atoms with Crippen molar-refractivity contribution in [3.8, 4) is 12.3 Å². The monoisotopic (exact) mass is 407 g/mol. The number of non-ortho nitro benzene ring substituents is 2. The fourth-order valence-electron chi connectivity index (χ4n) is 1.42. The minimum atomic E-state index is -5.08. The van der Waals surface area contributed by atoms with Crippen molar-refractivity contribution in [1.29, 1.82) is 0 Å². The van der Waals surface area contributed by atoms with Gasteiger partial charge in [-0.15, -0.1) is 12.3 Å². The Balaban J connectivity index is 0.000000887. The highest BCUT2D eigenvalue weighted by molar-refractivity contribution is 5.75. The van der Waals surface area contributed by atoms with Gasteiger partial charge in [0.1, 0.15) is 12.6 Å². The lowest BCUT2D eigenvalue weighted by Gasteiger charge is -2.08. The van der Waals surface area contributed by atoms with E-state index in [4.69, 9.17) is 26.8 Å². The first kappa shape index (κ1) is 24.3. The molecule has 0 saturated carbocycles. The van der Waals surface area contributed by atoms with E-state index in [1.807, 2.05) is 0 Å². The van der Waals surface area contributed by atoms with Gasteiger partial charge in [-0.3, -0.25) is 25.0 Å². The molecule has 0 aliphatic rings. The van der Waals surface area contributed by atoms with Gasteiger partial charge in [0.15, 0.2) is 0 Å². The molecule has 0 aromatic heterocycles. The number of nitrogens with zero attached hydrogens (tertiary/aromatic N) is 2. The number of carboxylic acids is 1. The average molecular weight is 407 g/mol. The van der Waals surface area contributed by atoms with Crippen molar-refractivity contribution in [1.82, 2.24) is 0 Å². The highest BCUT2D eigenvalue weighted by Crippen LogP contribution is 2.23. The Labute approximate surface area is 154 Å². The number of hydrogen-bond donors (Lipinski definition) is 2. The molecule has 3 N–H and O–H groups in total. The summed E-state index contributed by atoms with van der Waals surface area (Å²) in [5.74, 6) is -1.36. The second kappa shape index (κ2) is 10.4. The number of rotatable bonds is 6. The molecule has 0 radical (unpaired) electrons. The lowest BCUT2D eigenvalue weighted by molar-refractivity contribution is -0.394. The Morgan fingerprint density at radius 2 is 1.64 bits per heavy atom. The van der Waals surface area contributed by atoms with E-state index in [1.165, 1.54) is 0 Å². The summed E-state index contributed by atoms with van der Waals surface area (Å²) < 4.78 is 36.5. The molecule has 1 atom stereocenters. The third-order valence-electron chi connectivity index (χ3n) is 2.65. The zero-order valence-electron chi connectivity index (χ0n) is 13.7. The van der Waals surface area contributed by atoms with Crippen LogP contribution >= 0.6 is 0 Å². The van der Waals surface area contributed by atoms with E-state index in [9.17, 15) is 38.2 Å². The van der Waals surface area contributed by atoms with E-state index in [0.717, 1.165) is 18.2 Å². The molecule has 0 heterocycles. The summed E-state index contributed by atoms with van der Waals surface area (Å²) in [6, 6.07) is 1.96. The summed E-state index contributed by atoms with van der Waals surface area (Å²) in [5, 5.41) is 28.5. The van der Waals surface area contributed by atoms with E-state index in [1.54, 1.807) is 0 Å². The van der Waals surface area contributed by atoms with Crippen molar-refractivity contribution in [2.45, 2.75) is 25.2 Å². The van der Waals surface area contributed by atoms with E-state index >= 15 is 0 Å². The molecule has 1 aromatic carbocycles. The van der Waals surface area contributed by atoms with Gasteiger partial charge in [-0.05, 0) is 0 Å². The quantitative estimate of drug-likeness (QED) is 0.306. The number of benzene rings is 1. The molecule has 152 valence electrons. The van der Waals surface area contributed by atoms with Crippen LogP contribution in [0.5, 0.6) is 0 Å². The van der Waals surface area contributed by atoms with Gasteiger partial charge < -0.3 is 15.6 Å². The van der Waals surface area contributed by atoms with Gasteiger partial charge in [-0.2, -0.15) is 13.2 Å². The van der Waals surface area contributed by atoms with Crippen LogP contribution in [-0.4, -0.2) is 39.1 Å². The van der Waals surface area contributed by atoms with E-state index in [-0.39, 0.29) is 18.6 Å². The summed E-state index contributed by atoms with van der Waals surface area (Å²) in [6.45, 7) is -0.375. The van der Waals surface area contributed by atoms with Gasteiger partial charge in [0.25, 0.3) is 11.4 Å². The number of nitro groups is 2. The fraction of sp³-hybridized carbons (Fsp3) is 0.286. The summed E-state index contributed by atoms with van der Waals surface area (Å²) in [5.41, 5.74) is 4.58. The van der Waals surface area contributed by atoms with Gasteiger partial charge in [0.2, 0.25) is 0 Å². The van der Waals surface area contributed by atoms with E-state index in [0.29, 0.717) is 0 Å². The van der Waals surface area contributed by atoms with Crippen LogP contribution in [0.15, 0.2) is 18.2 Å². The van der Waals surface area contributed by atoms with Crippen LogP contribution in [0.4, 0.5) is 24.5 Å². The van der Waals surface area contributed by atoms with Crippen LogP contribution in [-0.2, 0) is 20.9 Å². The molecule has 28 heavy (non-hydrogen) atoms. The molecular weight excluding hydrogens is 395 g/mol. The van der Waals surface area contributed by atoms with Gasteiger partial charge in [0.05, 0.1) is 15.9 Å². The minimum Gasteiger partial charge on any atom is -0.475 e. The van der Waals surface area contributed by atoms with Crippen LogP contribution in [0, 0.1) is 32.6 Å². The summed E-state index contributed by atoms with van der Waals surface area (Å²) in [4.78, 5) is 40.2. The Kier molecular flexibility index (Phi) is 9.04. The van der Waals surface area contributed by atoms with Gasteiger partial charge in [-0.1, -0.05) is 0 Å². The molecule has 14 heteroatoms.